The van der Waals surface area contributed by atoms with Crippen molar-refractivity contribution in [1.29, 1.82) is 0 Å². The highest BCUT2D eigenvalue weighted by Gasteiger charge is 2.12. The van der Waals surface area contributed by atoms with Crippen molar-refractivity contribution >= 4 is 21.2 Å². The van der Waals surface area contributed by atoms with Gasteiger partial charge in [0.25, 0.3) is 0 Å². The number of pyridine rings is 1. The summed E-state index contributed by atoms with van der Waals surface area (Å²) in [6, 6.07) is 5.27. The summed E-state index contributed by atoms with van der Waals surface area (Å²) < 4.78 is 27.7. The van der Waals surface area contributed by atoms with Crippen LogP contribution < -0.4 is 4.72 Å². The van der Waals surface area contributed by atoms with Crippen LogP contribution in [0.4, 0.5) is 5.69 Å². The molecule has 0 amide bonds. The van der Waals surface area contributed by atoms with E-state index >= 15 is 0 Å². The van der Waals surface area contributed by atoms with E-state index in [1.807, 2.05) is 19.9 Å². The largest absolute Gasteiger partial charge is 0.283 e. The Labute approximate surface area is 101 Å². The standard InChI is InChI=1S/C11H15N3O2S/c1-9(2)8-17(15,16)13-10-4-6-14-11(7-10)3-5-12-14/h3-7,9,13H,8H2,1-2H3. The molecule has 2 aromatic rings. The van der Waals surface area contributed by atoms with Gasteiger partial charge < -0.3 is 0 Å². The molecule has 17 heavy (non-hydrogen) atoms. The summed E-state index contributed by atoms with van der Waals surface area (Å²) in [5, 5.41) is 4.04. The van der Waals surface area contributed by atoms with Crippen molar-refractivity contribution in [3.05, 3.63) is 30.6 Å². The Morgan fingerprint density at radius 2 is 2.18 bits per heavy atom. The normalized spacial score (nSPS) is 12.2. The number of sulfonamides is 1. The molecule has 0 saturated carbocycles. The van der Waals surface area contributed by atoms with Gasteiger partial charge in [-0.25, -0.2) is 12.9 Å². The smallest absolute Gasteiger partial charge is 0.232 e. The highest BCUT2D eigenvalue weighted by atomic mass is 32.2. The van der Waals surface area contributed by atoms with Gasteiger partial charge >= 0.3 is 0 Å². The zero-order valence-electron chi connectivity index (χ0n) is 9.79. The van der Waals surface area contributed by atoms with Crippen molar-refractivity contribution in [2.24, 2.45) is 5.92 Å². The molecule has 0 radical (unpaired) electrons. The van der Waals surface area contributed by atoms with Gasteiger partial charge in [0.15, 0.2) is 0 Å². The Balaban J connectivity index is 2.23. The predicted molar refractivity (Wildman–Crippen MR) is 67.4 cm³/mol. The van der Waals surface area contributed by atoms with E-state index in [9.17, 15) is 8.42 Å². The molecule has 0 atom stereocenters. The van der Waals surface area contributed by atoms with Crippen LogP contribution in [0.15, 0.2) is 30.6 Å². The Morgan fingerprint density at radius 1 is 1.41 bits per heavy atom. The van der Waals surface area contributed by atoms with Crippen molar-refractivity contribution in [3.8, 4) is 0 Å². The van der Waals surface area contributed by atoms with E-state index in [4.69, 9.17) is 0 Å². The molecule has 0 fully saturated rings. The van der Waals surface area contributed by atoms with Crippen LogP contribution in [0.25, 0.3) is 5.52 Å². The zero-order valence-corrected chi connectivity index (χ0v) is 10.6. The molecule has 2 heterocycles. The first kappa shape index (κ1) is 11.9. The number of fused-ring (bicyclic) bond motifs is 1. The molecule has 0 aliphatic carbocycles. The quantitative estimate of drug-likeness (QED) is 0.902. The van der Waals surface area contributed by atoms with Crippen molar-refractivity contribution in [1.82, 2.24) is 9.61 Å². The molecule has 0 aliphatic rings. The van der Waals surface area contributed by atoms with E-state index in [-0.39, 0.29) is 11.7 Å². The van der Waals surface area contributed by atoms with E-state index < -0.39 is 10.0 Å². The van der Waals surface area contributed by atoms with Crippen LogP contribution >= 0.6 is 0 Å². The number of hydrogen-bond acceptors (Lipinski definition) is 3. The molecule has 2 rings (SSSR count). The summed E-state index contributed by atoms with van der Waals surface area (Å²) >= 11 is 0. The zero-order chi connectivity index (χ0) is 12.5. The van der Waals surface area contributed by atoms with Crippen LogP contribution in [-0.2, 0) is 10.0 Å². The summed E-state index contributed by atoms with van der Waals surface area (Å²) in [6.45, 7) is 3.75. The first-order chi connectivity index (χ1) is 7.96. The molecule has 5 nitrogen and oxygen atoms in total. The fraction of sp³-hybridized carbons (Fsp3) is 0.364. The monoisotopic (exact) mass is 253 g/mol. The van der Waals surface area contributed by atoms with E-state index in [2.05, 4.69) is 9.82 Å². The first-order valence-electron chi connectivity index (χ1n) is 5.40. The van der Waals surface area contributed by atoms with Gasteiger partial charge in [0.1, 0.15) is 0 Å². The second kappa shape index (κ2) is 4.37. The molecule has 0 spiro atoms. The van der Waals surface area contributed by atoms with Crippen molar-refractivity contribution in [2.75, 3.05) is 10.5 Å². The summed E-state index contributed by atoms with van der Waals surface area (Å²) in [4.78, 5) is 0. The first-order valence-corrected chi connectivity index (χ1v) is 7.05. The lowest BCUT2D eigenvalue weighted by atomic mass is 10.3. The van der Waals surface area contributed by atoms with Crippen LogP contribution in [0, 0.1) is 5.92 Å². The second-order valence-corrected chi connectivity index (χ2v) is 6.16. The maximum Gasteiger partial charge on any atom is 0.232 e. The van der Waals surface area contributed by atoms with Gasteiger partial charge in [0.2, 0.25) is 10.0 Å². The number of aromatic nitrogens is 2. The molecule has 0 unspecified atom stereocenters. The molecule has 0 bridgehead atoms. The average molecular weight is 253 g/mol. The third kappa shape index (κ3) is 2.97. The van der Waals surface area contributed by atoms with Gasteiger partial charge in [0.05, 0.1) is 17.0 Å². The van der Waals surface area contributed by atoms with Crippen LogP contribution in [-0.4, -0.2) is 23.8 Å². The lowest BCUT2D eigenvalue weighted by molar-refractivity contribution is 0.587. The number of rotatable bonds is 4. The molecule has 0 saturated heterocycles. The fourth-order valence-corrected chi connectivity index (χ4v) is 3.09. The molecular weight excluding hydrogens is 238 g/mol. The molecule has 2 aromatic heterocycles. The number of anilines is 1. The minimum absolute atomic E-state index is 0.103. The van der Waals surface area contributed by atoms with E-state index in [1.54, 1.807) is 29.0 Å². The van der Waals surface area contributed by atoms with Crippen LogP contribution in [0.1, 0.15) is 13.8 Å². The van der Waals surface area contributed by atoms with E-state index in [0.717, 1.165) is 5.52 Å². The Morgan fingerprint density at radius 3 is 2.88 bits per heavy atom. The van der Waals surface area contributed by atoms with Gasteiger partial charge in [0, 0.05) is 12.4 Å². The summed E-state index contributed by atoms with van der Waals surface area (Å²) in [6.07, 6.45) is 3.39. The predicted octanol–water partition coefficient (Wildman–Crippen LogP) is 1.73. The highest BCUT2D eigenvalue weighted by Crippen LogP contribution is 2.14. The molecule has 0 aliphatic heterocycles. The number of hydrogen-bond donors (Lipinski definition) is 1. The SMILES string of the molecule is CC(C)CS(=O)(=O)Nc1ccn2nccc2c1. The topological polar surface area (TPSA) is 63.5 Å². The second-order valence-electron chi connectivity index (χ2n) is 4.39. The van der Waals surface area contributed by atoms with Crippen molar-refractivity contribution < 1.29 is 8.42 Å². The van der Waals surface area contributed by atoms with Crippen LogP contribution in [0.3, 0.4) is 0 Å². The lowest BCUT2D eigenvalue weighted by Gasteiger charge is -2.09. The molecule has 92 valence electrons. The van der Waals surface area contributed by atoms with Gasteiger partial charge in [-0.15, -0.1) is 0 Å². The maximum absolute atomic E-state index is 11.8. The summed E-state index contributed by atoms with van der Waals surface area (Å²) in [7, 11) is -3.27. The highest BCUT2D eigenvalue weighted by molar-refractivity contribution is 7.92. The average Bonchev–Trinajstić information content (AvgIpc) is 2.61. The third-order valence-corrected chi connectivity index (χ3v) is 3.88. The minimum Gasteiger partial charge on any atom is -0.283 e. The van der Waals surface area contributed by atoms with Crippen molar-refractivity contribution in [2.45, 2.75) is 13.8 Å². The van der Waals surface area contributed by atoms with Crippen molar-refractivity contribution in [3.63, 3.8) is 0 Å². The number of nitrogens with zero attached hydrogens (tertiary/aromatic N) is 2. The minimum atomic E-state index is -3.27. The maximum atomic E-state index is 11.8. The molecule has 6 heteroatoms. The number of nitrogens with one attached hydrogen (secondary N) is 1. The molecule has 1 N–H and O–H groups in total. The summed E-state index contributed by atoms with van der Waals surface area (Å²) in [5.41, 5.74) is 1.42. The third-order valence-electron chi connectivity index (χ3n) is 2.23. The Kier molecular flexibility index (Phi) is 3.06. The van der Waals surface area contributed by atoms with E-state index in [0.29, 0.717) is 5.69 Å². The lowest BCUT2D eigenvalue weighted by Crippen LogP contribution is -2.20. The Bertz CT molecular complexity index is 616. The molecular formula is C11H15N3O2S. The summed E-state index contributed by atoms with van der Waals surface area (Å²) in [5.74, 6) is 0.225. The van der Waals surface area contributed by atoms with Crippen LogP contribution in [0.5, 0.6) is 0 Å². The van der Waals surface area contributed by atoms with Crippen LogP contribution in [0.2, 0.25) is 0 Å². The Hall–Kier alpha value is -1.56. The van der Waals surface area contributed by atoms with E-state index in [1.165, 1.54) is 0 Å². The van der Waals surface area contributed by atoms with Gasteiger partial charge in [-0.3, -0.25) is 4.72 Å². The van der Waals surface area contributed by atoms with Gasteiger partial charge in [-0.05, 0) is 24.1 Å². The molecule has 0 aromatic carbocycles. The van der Waals surface area contributed by atoms with Gasteiger partial charge in [-0.1, -0.05) is 13.8 Å². The van der Waals surface area contributed by atoms with Gasteiger partial charge in [-0.2, -0.15) is 5.10 Å². The fourth-order valence-electron chi connectivity index (χ4n) is 1.65.